The van der Waals surface area contributed by atoms with E-state index in [1.54, 1.807) is 0 Å². The average molecular weight is 288 g/mol. The molecule has 0 atom stereocenters. The molecule has 1 N–H and O–H groups in total. The fraction of sp³-hybridized carbons (Fsp3) is 1.00. The number of hydrogen-bond acceptors (Lipinski definition) is 1. The minimum absolute atomic E-state index is 0. The van der Waals surface area contributed by atoms with Gasteiger partial charge in [-0.15, -0.1) is 0 Å². The lowest BCUT2D eigenvalue weighted by Gasteiger charge is -2.23. The first kappa shape index (κ1) is 22.2. The lowest BCUT2D eigenvalue weighted by Crippen LogP contribution is -2.35. The number of nitrogens with zero attached hydrogens (tertiary/aromatic N) is 1. The Bertz CT molecular complexity index is 175. The van der Waals surface area contributed by atoms with Crippen LogP contribution in [-0.4, -0.2) is 37.6 Å². The van der Waals surface area contributed by atoms with Gasteiger partial charge in [0, 0.05) is 0 Å². The van der Waals surface area contributed by atoms with Crippen LogP contribution in [0, 0.1) is 0 Å². The third-order valence-corrected chi connectivity index (χ3v) is 3.93. The van der Waals surface area contributed by atoms with Crippen molar-refractivity contribution in [3.05, 3.63) is 0 Å². The molecule has 0 aromatic carbocycles. The van der Waals surface area contributed by atoms with Crippen molar-refractivity contribution in [2.75, 3.05) is 27.7 Å². The van der Waals surface area contributed by atoms with Crippen LogP contribution >= 0.6 is 0 Å². The van der Waals surface area contributed by atoms with E-state index in [-0.39, 0.29) is 5.48 Å². The van der Waals surface area contributed by atoms with Crippen LogP contribution in [0.5, 0.6) is 0 Å². The molecule has 20 heavy (non-hydrogen) atoms. The fourth-order valence-corrected chi connectivity index (χ4v) is 2.60. The molecule has 0 rings (SSSR count). The molecular weight excluding hydrogens is 246 g/mol. The summed E-state index contributed by atoms with van der Waals surface area (Å²) in [4.78, 5) is 0. The van der Waals surface area contributed by atoms with Gasteiger partial charge in [0.05, 0.1) is 27.7 Å². The van der Waals surface area contributed by atoms with Crippen molar-refractivity contribution in [2.45, 2.75) is 90.4 Å². The minimum Gasteiger partial charge on any atom is -0.870 e. The van der Waals surface area contributed by atoms with Crippen molar-refractivity contribution in [3.63, 3.8) is 0 Å². The summed E-state index contributed by atoms with van der Waals surface area (Å²) in [7, 11) is 6.88. The fourth-order valence-electron chi connectivity index (χ4n) is 2.60. The van der Waals surface area contributed by atoms with E-state index in [2.05, 4.69) is 28.1 Å². The minimum atomic E-state index is 0. The molecule has 0 amide bonds. The highest BCUT2D eigenvalue weighted by Crippen LogP contribution is 2.12. The maximum atomic E-state index is 2.29. The van der Waals surface area contributed by atoms with Crippen LogP contribution in [0.25, 0.3) is 0 Å². The van der Waals surface area contributed by atoms with Crippen molar-refractivity contribution >= 4 is 0 Å². The highest BCUT2D eigenvalue weighted by atomic mass is 16.0. The number of quaternary nitrogens is 1. The van der Waals surface area contributed by atoms with Gasteiger partial charge in [0.25, 0.3) is 0 Å². The summed E-state index contributed by atoms with van der Waals surface area (Å²) in [5.41, 5.74) is 0. The Hall–Kier alpha value is -0.0800. The van der Waals surface area contributed by atoms with Crippen LogP contribution in [-0.2, 0) is 0 Å². The SMILES string of the molecule is CCCCCCCCCCCCCCC[N+](C)(C)C.[OH-]. The second-order valence-electron chi connectivity index (χ2n) is 7.26. The molecule has 0 saturated carbocycles. The highest BCUT2D eigenvalue weighted by molar-refractivity contribution is 4.48. The maximum absolute atomic E-state index is 2.29. The van der Waals surface area contributed by atoms with Crippen LogP contribution in [0.4, 0.5) is 0 Å². The van der Waals surface area contributed by atoms with Gasteiger partial charge in [-0.05, 0) is 12.8 Å². The van der Waals surface area contributed by atoms with Gasteiger partial charge in [-0.25, -0.2) is 0 Å². The van der Waals surface area contributed by atoms with Crippen molar-refractivity contribution in [1.29, 1.82) is 0 Å². The van der Waals surface area contributed by atoms with Gasteiger partial charge in [0.15, 0.2) is 0 Å². The molecule has 0 bridgehead atoms. The quantitative estimate of drug-likeness (QED) is 0.302. The van der Waals surface area contributed by atoms with Crippen LogP contribution < -0.4 is 0 Å². The Kier molecular flexibility index (Phi) is 17.0. The molecule has 0 aliphatic rings. The van der Waals surface area contributed by atoms with Crippen LogP contribution in [0.3, 0.4) is 0 Å². The van der Waals surface area contributed by atoms with E-state index in [4.69, 9.17) is 0 Å². The summed E-state index contributed by atoms with van der Waals surface area (Å²) in [6.07, 6.45) is 18.9. The first-order chi connectivity index (χ1) is 9.06. The normalized spacial score (nSPS) is 11.4. The molecule has 2 heteroatoms. The summed E-state index contributed by atoms with van der Waals surface area (Å²) < 4.78 is 1.12. The van der Waals surface area contributed by atoms with Gasteiger partial charge in [-0.2, -0.15) is 0 Å². The monoisotopic (exact) mass is 287 g/mol. The van der Waals surface area contributed by atoms with E-state index < -0.39 is 0 Å². The van der Waals surface area contributed by atoms with E-state index in [1.165, 1.54) is 90.0 Å². The molecule has 0 heterocycles. The molecule has 0 fully saturated rings. The number of hydrogen-bond donors (Lipinski definition) is 0. The van der Waals surface area contributed by atoms with Crippen molar-refractivity contribution in [3.8, 4) is 0 Å². The van der Waals surface area contributed by atoms with Crippen molar-refractivity contribution in [1.82, 2.24) is 0 Å². The molecular formula is C18H41NO. The van der Waals surface area contributed by atoms with E-state index >= 15 is 0 Å². The van der Waals surface area contributed by atoms with E-state index in [0.717, 1.165) is 4.48 Å². The number of unbranched alkanes of at least 4 members (excludes halogenated alkanes) is 12. The van der Waals surface area contributed by atoms with Gasteiger partial charge in [-0.1, -0.05) is 77.6 Å². The molecule has 0 unspecified atom stereocenters. The van der Waals surface area contributed by atoms with Gasteiger partial charge in [0.2, 0.25) is 0 Å². The Balaban J connectivity index is 0. The molecule has 0 saturated heterocycles. The second-order valence-corrected chi connectivity index (χ2v) is 7.26. The second kappa shape index (κ2) is 15.3. The molecule has 2 nitrogen and oxygen atoms in total. The molecule has 124 valence electrons. The van der Waals surface area contributed by atoms with Crippen LogP contribution in [0.1, 0.15) is 90.4 Å². The zero-order valence-corrected chi connectivity index (χ0v) is 14.8. The largest absolute Gasteiger partial charge is 0.870 e. The predicted molar refractivity (Wildman–Crippen MR) is 90.5 cm³/mol. The average Bonchev–Trinajstić information content (AvgIpc) is 2.34. The molecule has 0 aliphatic heterocycles. The third kappa shape index (κ3) is 20.2. The summed E-state index contributed by atoms with van der Waals surface area (Å²) in [6, 6.07) is 0. The zero-order valence-electron chi connectivity index (χ0n) is 14.8. The standard InChI is InChI=1S/C18H40N.H2O/c1-5-6-7-8-9-10-11-12-13-14-15-16-17-18-19(2,3)4;/h5-18H2,1-4H3;1H2/q+1;/p-1. The highest BCUT2D eigenvalue weighted by Gasteiger charge is 2.04. The molecule has 0 radical (unpaired) electrons. The predicted octanol–water partition coefficient (Wildman–Crippen LogP) is 5.61. The Morgan fingerprint density at radius 1 is 0.500 bits per heavy atom. The van der Waals surface area contributed by atoms with Crippen LogP contribution in [0.2, 0.25) is 0 Å². The Morgan fingerprint density at radius 3 is 1.10 bits per heavy atom. The molecule has 0 spiro atoms. The van der Waals surface area contributed by atoms with Gasteiger partial charge < -0.3 is 9.96 Å². The topological polar surface area (TPSA) is 30.0 Å². The lowest BCUT2D eigenvalue weighted by molar-refractivity contribution is -0.870. The van der Waals surface area contributed by atoms with Crippen molar-refractivity contribution in [2.24, 2.45) is 0 Å². The lowest BCUT2D eigenvalue weighted by atomic mass is 10.0. The molecule has 0 aliphatic carbocycles. The first-order valence-corrected chi connectivity index (χ1v) is 8.86. The first-order valence-electron chi connectivity index (χ1n) is 8.86. The number of rotatable bonds is 14. The van der Waals surface area contributed by atoms with Gasteiger partial charge in [-0.3, -0.25) is 0 Å². The van der Waals surface area contributed by atoms with Crippen molar-refractivity contribution < 1.29 is 9.96 Å². The zero-order chi connectivity index (χ0) is 14.4. The summed E-state index contributed by atoms with van der Waals surface area (Å²) in [6.45, 7) is 3.62. The van der Waals surface area contributed by atoms with Gasteiger partial charge in [0.1, 0.15) is 0 Å². The Morgan fingerprint density at radius 2 is 0.800 bits per heavy atom. The third-order valence-electron chi connectivity index (χ3n) is 3.93. The van der Waals surface area contributed by atoms with E-state index in [0.29, 0.717) is 0 Å². The Labute approximate surface area is 128 Å². The van der Waals surface area contributed by atoms with E-state index in [1.807, 2.05) is 0 Å². The molecule has 0 aromatic rings. The molecule has 0 aromatic heterocycles. The summed E-state index contributed by atoms with van der Waals surface area (Å²) >= 11 is 0. The summed E-state index contributed by atoms with van der Waals surface area (Å²) in [5, 5.41) is 0. The smallest absolute Gasteiger partial charge is 0.0780 e. The summed E-state index contributed by atoms with van der Waals surface area (Å²) in [5.74, 6) is 0. The maximum Gasteiger partial charge on any atom is 0.0780 e. The van der Waals surface area contributed by atoms with Crippen LogP contribution in [0.15, 0.2) is 0 Å². The van der Waals surface area contributed by atoms with Gasteiger partial charge >= 0.3 is 0 Å². The van der Waals surface area contributed by atoms with E-state index in [9.17, 15) is 0 Å².